The molecule has 1 aliphatic heterocycles. The number of methoxy groups -OCH3 is 1. The summed E-state index contributed by atoms with van der Waals surface area (Å²) in [5.74, 6) is 2.84. The molecular formula is C20H29N3O. The number of ether oxygens (including phenoxy) is 1. The summed E-state index contributed by atoms with van der Waals surface area (Å²) in [5.41, 5.74) is 1.37. The number of aryl methyl sites for hydroxylation is 1. The maximum absolute atomic E-state index is 5.54. The molecule has 0 aliphatic carbocycles. The molecule has 1 fully saturated rings. The van der Waals surface area contributed by atoms with Crippen LogP contribution < -0.4 is 4.74 Å². The van der Waals surface area contributed by atoms with Gasteiger partial charge in [-0.3, -0.25) is 4.90 Å². The minimum absolute atomic E-state index is 0.545. The zero-order valence-electron chi connectivity index (χ0n) is 15.1. The summed E-state index contributed by atoms with van der Waals surface area (Å²) in [6.07, 6.45) is 7.43. The number of hydrogen-bond donors (Lipinski definition) is 0. The fraction of sp³-hybridized carbons (Fsp3) is 0.550. The van der Waals surface area contributed by atoms with Gasteiger partial charge in [-0.25, -0.2) is 4.98 Å². The Hall–Kier alpha value is -1.81. The fourth-order valence-corrected chi connectivity index (χ4v) is 3.88. The van der Waals surface area contributed by atoms with Crippen LogP contribution >= 0.6 is 0 Å². The standard InChI is InChI=1S/C20H29N3O/c1-4-20-21-11-14-23(20)15-16(2)22-12-9-17(10-13-22)18-7-5-6-8-19(18)24-3/h5-8,11,14,16-17H,4,9-10,12-13,15H2,1-3H3. The summed E-state index contributed by atoms with van der Waals surface area (Å²) in [5, 5.41) is 0. The molecule has 1 atom stereocenters. The second-order valence-corrected chi connectivity index (χ2v) is 6.75. The number of piperidine rings is 1. The lowest BCUT2D eigenvalue weighted by Gasteiger charge is -2.36. The Morgan fingerprint density at radius 1 is 1.25 bits per heavy atom. The normalized spacial score (nSPS) is 17.8. The fourth-order valence-electron chi connectivity index (χ4n) is 3.88. The molecule has 0 spiro atoms. The molecule has 4 heteroatoms. The van der Waals surface area contributed by atoms with Crippen LogP contribution in [-0.4, -0.2) is 40.7 Å². The van der Waals surface area contributed by atoms with E-state index in [1.54, 1.807) is 7.11 Å². The van der Waals surface area contributed by atoms with Crippen molar-refractivity contribution in [2.45, 2.75) is 51.6 Å². The molecule has 2 aromatic rings. The van der Waals surface area contributed by atoms with E-state index in [9.17, 15) is 0 Å². The minimum atomic E-state index is 0.545. The van der Waals surface area contributed by atoms with Crippen molar-refractivity contribution in [3.05, 3.63) is 48.0 Å². The van der Waals surface area contributed by atoms with Gasteiger partial charge in [0.25, 0.3) is 0 Å². The molecule has 0 radical (unpaired) electrons. The van der Waals surface area contributed by atoms with Gasteiger partial charge in [-0.05, 0) is 50.4 Å². The Labute approximate surface area is 145 Å². The van der Waals surface area contributed by atoms with Crippen molar-refractivity contribution >= 4 is 0 Å². The lowest BCUT2D eigenvalue weighted by molar-refractivity contribution is 0.147. The molecule has 1 unspecified atom stereocenters. The number of para-hydroxylation sites is 1. The number of likely N-dealkylation sites (tertiary alicyclic amines) is 1. The molecule has 0 N–H and O–H groups in total. The lowest BCUT2D eigenvalue weighted by atomic mass is 9.88. The van der Waals surface area contributed by atoms with Crippen LogP contribution in [0.2, 0.25) is 0 Å². The maximum atomic E-state index is 5.54. The summed E-state index contributed by atoms with van der Waals surface area (Å²) in [6, 6.07) is 9.02. The second kappa shape index (κ2) is 7.84. The van der Waals surface area contributed by atoms with Gasteiger partial charge in [-0.15, -0.1) is 0 Å². The van der Waals surface area contributed by atoms with Crippen LogP contribution in [0.1, 0.15) is 44.0 Å². The highest BCUT2D eigenvalue weighted by Gasteiger charge is 2.25. The highest BCUT2D eigenvalue weighted by atomic mass is 16.5. The topological polar surface area (TPSA) is 30.3 Å². The second-order valence-electron chi connectivity index (χ2n) is 6.75. The average Bonchev–Trinajstić information content (AvgIpc) is 3.09. The largest absolute Gasteiger partial charge is 0.496 e. The van der Waals surface area contributed by atoms with Gasteiger partial charge in [0.15, 0.2) is 0 Å². The molecule has 0 amide bonds. The first-order valence-electron chi connectivity index (χ1n) is 9.09. The lowest BCUT2D eigenvalue weighted by Crippen LogP contribution is -2.41. The molecule has 130 valence electrons. The summed E-state index contributed by atoms with van der Waals surface area (Å²) in [6.45, 7) is 7.84. The summed E-state index contributed by atoms with van der Waals surface area (Å²) < 4.78 is 7.85. The van der Waals surface area contributed by atoms with E-state index in [2.05, 4.69) is 58.8 Å². The van der Waals surface area contributed by atoms with Crippen molar-refractivity contribution in [1.29, 1.82) is 0 Å². The number of aromatic nitrogens is 2. The van der Waals surface area contributed by atoms with Crippen molar-refractivity contribution in [3.8, 4) is 5.75 Å². The number of rotatable bonds is 6. The van der Waals surface area contributed by atoms with E-state index < -0.39 is 0 Å². The molecule has 1 saturated heterocycles. The third kappa shape index (κ3) is 3.64. The predicted octanol–water partition coefficient (Wildman–Crippen LogP) is 3.72. The Morgan fingerprint density at radius 3 is 2.71 bits per heavy atom. The van der Waals surface area contributed by atoms with Gasteiger partial charge in [0, 0.05) is 31.4 Å². The molecule has 1 aromatic heterocycles. The first-order chi connectivity index (χ1) is 11.7. The SMILES string of the molecule is CCc1nccn1CC(C)N1CCC(c2ccccc2OC)CC1. The molecule has 1 aromatic carbocycles. The average molecular weight is 327 g/mol. The Balaban J connectivity index is 1.58. The summed E-state index contributed by atoms with van der Waals surface area (Å²) >= 11 is 0. The monoisotopic (exact) mass is 327 g/mol. The highest BCUT2D eigenvalue weighted by Crippen LogP contribution is 2.34. The van der Waals surface area contributed by atoms with E-state index in [0.29, 0.717) is 12.0 Å². The molecule has 4 nitrogen and oxygen atoms in total. The summed E-state index contributed by atoms with van der Waals surface area (Å²) in [7, 11) is 1.77. The van der Waals surface area contributed by atoms with Gasteiger partial charge in [-0.1, -0.05) is 25.1 Å². The van der Waals surface area contributed by atoms with Crippen LogP contribution in [0, 0.1) is 0 Å². The van der Waals surface area contributed by atoms with Gasteiger partial charge < -0.3 is 9.30 Å². The van der Waals surface area contributed by atoms with E-state index in [4.69, 9.17) is 4.74 Å². The third-order valence-electron chi connectivity index (χ3n) is 5.31. The molecule has 1 aliphatic rings. The first-order valence-corrected chi connectivity index (χ1v) is 9.09. The van der Waals surface area contributed by atoms with Gasteiger partial charge in [-0.2, -0.15) is 0 Å². The quantitative estimate of drug-likeness (QED) is 0.810. The highest BCUT2D eigenvalue weighted by molar-refractivity contribution is 5.36. The predicted molar refractivity (Wildman–Crippen MR) is 97.6 cm³/mol. The molecule has 24 heavy (non-hydrogen) atoms. The number of benzene rings is 1. The minimum Gasteiger partial charge on any atom is -0.496 e. The van der Waals surface area contributed by atoms with Crippen molar-refractivity contribution in [2.75, 3.05) is 20.2 Å². The van der Waals surface area contributed by atoms with Crippen LogP contribution in [0.4, 0.5) is 0 Å². The van der Waals surface area contributed by atoms with Crippen LogP contribution in [0.3, 0.4) is 0 Å². The van der Waals surface area contributed by atoms with E-state index in [0.717, 1.165) is 31.8 Å². The van der Waals surface area contributed by atoms with E-state index in [1.165, 1.54) is 24.2 Å². The van der Waals surface area contributed by atoms with Crippen LogP contribution in [0.5, 0.6) is 5.75 Å². The maximum Gasteiger partial charge on any atom is 0.122 e. The van der Waals surface area contributed by atoms with Gasteiger partial charge >= 0.3 is 0 Å². The number of nitrogens with zero attached hydrogens (tertiary/aromatic N) is 3. The molecule has 0 saturated carbocycles. The third-order valence-corrected chi connectivity index (χ3v) is 5.31. The van der Waals surface area contributed by atoms with Crippen molar-refractivity contribution in [3.63, 3.8) is 0 Å². The van der Waals surface area contributed by atoms with E-state index >= 15 is 0 Å². The van der Waals surface area contributed by atoms with Crippen molar-refractivity contribution < 1.29 is 4.74 Å². The summed E-state index contributed by atoms with van der Waals surface area (Å²) in [4.78, 5) is 7.05. The van der Waals surface area contributed by atoms with Gasteiger partial charge in [0.2, 0.25) is 0 Å². The Kier molecular flexibility index (Phi) is 5.56. The van der Waals surface area contributed by atoms with Crippen LogP contribution in [0.15, 0.2) is 36.7 Å². The van der Waals surface area contributed by atoms with Gasteiger partial charge in [0.1, 0.15) is 11.6 Å². The zero-order valence-corrected chi connectivity index (χ0v) is 15.1. The smallest absolute Gasteiger partial charge is 0.122 e. The molecule has 0 bridgehead atoms. The van der Waals surface area contributed by atoms with E-state index in [-0.39, 0.29) is 0 Å². The Bertz CT molecular complexity index is 644. The van der Waals surface area contributed by atoms with Crippen LogP contribution in [0.25, 0.3) is 0 Å². The first kappa shape index (κ1) is 17.0. The van der Waals surface area contributed by atoms with Crippen molar-refractivity contribution in [2.24, 2.45) is 0 Å². The number of hydrogen-bond acceptors (Lipinski definition) is 3. The Morgan fingerprint density at radius 2 is 2.00 bits per heavy atom. The van der Waals surface area contributed by atoms with E-state index in [1.807, 2.05) is 6.20 Å². The molecule has 3 rings (SSSR count). The molecular weight excluding hydrogens is 298 g/mol. The number of imidazole rings is 1. The van der Waals surface area contributed by atoms with Crippen LogP contribution in [-0.2, 0) is 13.0 Å². The van der Waals surface area contributed by atoms with Gasteiger partial charge in [0.05, 0.1) is 7.11 Å². The molecule has 2 heterocycles. The zero-order chi connectivity index (χ0) is 16.9. The van der Waals surface area contributed by atoms with Crippen molar-refractivity contribution in [1.82, 2.24) is 14.5 Å².